The van der Waals surface area contributed by atoms with E-state index < -0.39 is 0 Å². The third-order valence-corrected chi connectivity index (χ3v) is 8.55. The van der Waals surface area contributed by atoms with Gasteiger partial charge in [-0.2, -0.15) is 0 Å². The number of thiazole rings is 1. The molecule has 4 aromatic rings. The number of anilines is 2. The number of nitrogens with one attached hydrogen (secondary N) is 1. The van der Waals surface area contributed by atoms with Crippen molar-refractivity contribution in [2.45, 2.75) is 51.5 Å². The minimum Gasteiger partial charge on any atom is -0.352 e. The Balaban J connectivity index is 1.59. The number of fused-ring (bicyclic) bond motifs is 2. The van der Waals surface area contributed by atoms with Crippen LogP contribution in [0.5, 0.6) is 0 Å². The van der Waals surface area contributed by atoms with Gasteiger partial charge in [0.05, 0.1) is 27.6 Å². The average Bonchev–Trinajstić information content (AvgIpc) is 3.38. The van der Waals surface area contributed by atoms with E-state index in [0.717, 1.165) is 32.7 Å². The standard InChI is InChI=1S/C24H27FN4S2/c1-13(2)16-8-22-20(27-12-30-22)10-19(16)28-23-17-9-21(31-24(17)26-11-18(23)25)15-6-5-7-29(4)14(15)3/h8-15H,5-7H2,1-4H3,(H,26,28). The van der Waals surface area contributed by atoms with Crippen molar-refractivity contribution in [1.82, 2.24) is 14.9 Å². The number of pyridine rings is 1. The monoisotopic (exact) mass is 454 g/mol. The van der Waals surface area contributed by atoms with Gasteiger partial charge in [-0.05, 0) is 63.0 Å². The minimum absolute atomic E-state index is 0.311. The number of thiophene rings is 1. The number of likely N-dealkylation sites (tertiary alicyclic amines) is 1. The fraction of sp³-hybridized carbons (Fsp3) is 0.417. The number of hydrogen-bond donors (Lipinski definition) is 1. The molecule has 31 heavy (non-hydrogen) atoms. The third-order valence-electron chi connectivity index (χ3n) is 6.59. The van der Waals surface area contributed by atoms with E-state index in [4.69, 9.17) is 0 Å². The summed E-state index contributed by atoms with van der Waals surface area (Å²) in [5.74, 6) is 0.455. The van der Waals surface area contributed by atoms with Crippen molar-refractivity contribution >= 4 is 54.5 Å². The maximum Gasteiger partial charge on any atom is 0.165 e. The molecule has 0 radical (unpaired) electrons. The highest BCUT2D eigenvalue weighted by molar-refractivity contribution is 7.18. The van der Waals surface area contributed by atoms with Crippen molar-refractivity contribution in [2.75, 3.05) is 18.9 Å². The van der Waals surface area contributed by atoms with Gasteiger partial charge in [-0.1, -0.05) is 13.8 Å². The normalized spacial score (nSPS) is 20.2. The lowest BCUT2D eigenvalue weighted by atomic mass is 9.89. The number of halogens is 1. The number of aromatic nitrogens is 2. The van der Waals surface area contributed by atoms with E-state index in [-0.39, 0.29) is 5.82 Å². The molecular weight excluding hydrogens is 427 g/mol. The molecule has 1 fully saturated rings. The molecule has 5 rings (SSSR count). The van der Waals surface area contributed by atoms with E-state index in [1.54, 1.807) is 22.7 Å². The van der Waals surface area contributed by atoms with Gasteiger partial charge in [0.15, 0.2) is 5.82 Å². The van der Waals surface area contributed by atoms with E-state index in [9.17, 15) is 0 Å². The van der Waals surface area contributed by atoms with E-state index in [2.05, 4.69) is 60.1 Å². The molecule has 0 spiro atoms. The molecule has 1 aromatic carbocycles. The molecule has 2 atom stereocenters. The van der Waals surface area contributed by atoms with Gasteiger partial charge in [0.1, 0.15) is 4.83 Å². The quantitative estimate of drug-likeness (QED) is 0.357. The van der Waals surface area contributed by atoms with Crippen molar-refractivity contribution in [3.05, 3.63) is 46.2 Å². The molecule has 2 unspecified atom stereocenters. The van der Waals surface area contributed by atoms with E-state index in [1.807, 2.05) is 11.6 Å². The molecule has 0 aliphatic carbocycles. The molecule has 3 aromatic heterocycles. The van der Waals surface area contributed by atoms with Crippen LogP contribution in [-0.4, -0.2) is 34.5 Å². The number of piperidine rings is 1. The number of likely N-dealkylation sites (N-methyl/N-ethyl adjacent to an activating group) is 1. The van der Waals surface area contributed by atoms with Crippen LogP contribution >= 0.6 is 22.7 Å². The number of rotatable bonds is 4. The summed E-state index contributed by atoms with van der Waals surface area (Å²) >= 11 is 3.34. The van der Waals surface area contributed by atoms with Crippen molar-refractivity contribution in [2.24, 2.45) is 0 Å². The van der Waals surface area contributed by atoms with E-state index in [0.29, 0.717) is 23.6 Å². The SMILES string of the molecule is CC(C)c1cc2scnc2cc1Nc1c(F)cnc2sc(C3CCCN(C)C3C)cc12. The van der Waals surface area contributed by atoms with Gasteiger partial charge < -0.3 is 10.2 Å². The van der Waals surface area contributed by atoms with Crippen molar-refractivity contribution in [1.29, 1.82) is 0 Å². The first-order valence-electron chi connectivity index (χ1n) is 10.8. The topological polar surface area (TPSA) is 41.1 Å². The molecule has 1 aliphatic heterocycles. The Morgan fingerprint density at radius 3 is 2.87 bits per heavy atom. The first-order chi connectivity index (χ1) is 14.9. The summed E-state index contributed by atoms with van der Waals surface area (Å²) in [6, 6.07) is 6.85. The molecule has 162 valence electrons. The van der Waals surface area contributed by atoms with Crippen LogP contribution in [0, 0.1) is 5.82 Å². The Morgan fingerprint density at radius 1 is 1.23 bits per heavy atom. The maximum absolute atomic E-state index is 15.0. The molecule has 1 aliphatic rings. The summed E-state index contributed by atoms with van der Waals surface area (Å²) in [6.07, 6.45) is 3.71. The molecule has 1 saturated heterocycles. The van der Waals surface area contributed by atoms with Crippen LogP contribution in [0.2, 0.25) is 0 Å². The summed E-state index contributed by atoms with van der Waals surface area (Å²) in [5.41, 5.74) is 5.39. The molecule has 7 heteroatoms. The zero-order chi connectivity index (χ0) is 21.7. The molecule has 0 saturated carbocycles. The molecule has 1 N–H and O–H groups in total. The summed E-state index contributed by atoms with van der Waals surface area (Å²) in [4.78, 5) is 13.5. The minimum atomic E-state index is -0.321. The number of hydrogen-bond acceptors (Lipinski definition) is 6. The summed E-state index contributed by atoms with van der Waals surface area (Å²) in [6.45, 7) is 7.75. The Labute approximate surface area is 190 Å². The Hall–Kier alpha value is -2.09. The number of benzene rings is 1. The predicted octanol–water partition coefficient (Wildman–Crippen LogP) is 7.11. The largest absolute Gasteiger partial charge is 0.352 e. The van der Waals surface area contributed by atoms with Crippen molar-refractivity contribution < 1.29 is 4.39 Å². The first kappa shape index (κ1) is 20.8. The van der Waals surface area contributed by atoms with Crippen LogP contribution in [0.3, 0.4) is 0 Å². The Kier molecular flexibility index (Phi) is 5.44. The molecule has 0 amide bonds. The highest BCUT2D eigenvalue weighted by Crippen LogP contribution is 2.42. The second-order valence-corrected chi connectivity index (χ2v) is 10.8. The van der Waals surface area contributed by atoms with Gasteiger partial charge in [-0.15, -0.1) is 22.7 Å². The summed E-state index contributed by atoms with van der Waals surface area (Å²) < 4.78 is 16.2. The second-order valence-electron chi connectivity index (χ2n) is 8.86. The number of nitrogens with zero attached hydrogens (tertiary/aromatic N) is 3. The lowest BCUT2D eigenvalue weighted by molar-refractivity contribution is 0.176. The van der Waals surface area contributed by atoms with Crippen LogP contribution in [-0.2, 0) is 0 Å². The fourth-order valence-electron chi connectivity index (χ4n) is 4.63. The van der Waals surface area contributed by atoms with Crippen LogP contribution in [0.1, 0.15) is 55.9 Å². The van der Waals surface area contributed by atoms with Gasteiger partial charge in [0.2, 0.25) is 0 Å². The summed E-state index contributed by atoms with van der Waals surface area (Å²) in [5, 5.41) is 4.30. The molecule has 4 heterocycles. The van der Waals surface area contributed by atoms with Crippen LogP contribution in [0.25, 0.3) is 20.4 Å². The Morgan fingerprint density at radius 2 is 2.06 bits per heavy atom. The zero-order valence-corrected chi connectivity index (χ0v) is 19.9. The van der Waals surface area contributed by atoms with Gasteiger partial charge in [-0.25, -0.2) is 14.4 Å². The predicted molar refractivity (Wildman–Crippen MR) is 131 cm³/mol. The van der Waals surface area contributed by atoms with Crippen molar-refractivity contribution in [3.8, 4) is 0 Å². The molecule has 0 bridgehead atoms. The maximum atomic E-state index is 15.0. The highest BCUT2D eigenvalue weighted by atomic mass is 32.1. The second kappa shape index (κ2) is 8.11. The zero-order valence-electron chi connectivity index (χ0n) is 18.3. The van der Waals surface area contributed by atoms with Gasteiger partial charge in [-0.3, -0.25) is 0 Å². The molecule has 4 nitrogen and oxygen atoms in total. The lowest BCUT2D eigenvalue weighted by Crippen LogP contribution is -2.38. The summed E-state index contributed by atoms with van der Waals surface area (Å²) in [7, 11) is 2.19. The van der Waals surface area contributed by atoms with Crippen LogP contribution < -0.4 is 5.32 Å². The van der Waals surface area contributed by atoms with Gasteiger partial charge in [0, 0.05) is 27.9 Å². The fourth-order valence-corrected chi connectivity index (χ4v) is 6.58. The lowest BCUT2D eigenvalue weighted by Gasteiger charge is -2.36. The van der Waals surface area contributed by atoms with Crippen LogP contribution in [0.4, 0.5) is 15.8 Å². The van der Waals surface area contributed by atoms with Gasteiger partial charge in [0.25, 0.3) is 0 Å². The van der Waals surface area contributed by atoms with E-state index in [1.165, 1.54) is 29.5 Å². The van der Waals surface area contributed by atoms with Crippen molar-refractivity contribution in [3.63, 3.8) is 0 Å². The molecular formula is C24H27FN4S2. The first-order valence-corrected chi connectivity index (χ1v) is 12.5. The van der Waals surface area contributed by atoms with Crippen LogP contribution in [0.15, 0.2) is 29.9 Å². The smallest absolute Gasteiger partial charge is 0.165 e. The van der Waals surface area contributed by atoms with E-state index >= 15 is 4.39 Å². The third kappa shape index (κ3) is 3.73. The van der Waals surface area contributed by atoms with Gasteiger partial charge >= 0.3 is 0 Å². The highest BCUT2D eigenvalue weighted by Gasteiger charge is 2.29. The average molecular weight is 455 g/mol. The Bertz CT molecular complexity index is 1250.